The summed E-state index contributed by atoms with van der Waals surface area (Å²) in [5, 5.41) is 4.65. The summed E-state index contributed by atoms with van der Waals surface area (Å²) >= 11 is 0. The van der Waals surface area contributed by atoms with Gasteiger partial charge in [-0.2, -0.15) is 5.10 Å². The molecule has 5 rings (SSSR count). The third-order valence-corrected chi connectivity index (χ3v) is 8.41. The molecule has 0 atom stereocenters. The third-order valence-electron chi connectivity index (χ3n) is 8.41. The van der Waals surface area contributed by atoms with Gasteiger partial charge in [-0.1, -0.05) is 36.4 Å². The quantitative estimate of drug-likeness (QED) is 0.183. The Labute approximate surface area is 255 Å². The monoisotopic (exact) mass is 578 g/mol. The van der Waals surface area contributed by atoms with Gasteiger partial charge in [0.2, 0.25) is 5.91 Å². The largest absolute Gasteiger partial charge is 0.493 e. The molecule has 1 aromatic heterocycles. The highest BCUT2D eigenvalue weighted by Gasteiger charge is 2.25. The van der Waals surface area contributed by atoms with Crippen LogP contribution in [0.25, 0.3) is 11.1 Å². The van der Waals surface area contributed by atoms with E-state index in [0.717, 1.165) is 53.1 Å². The van der Waals surface area contributed by atoms with E-state index in [-0.39, 0.29) is 11.8 Å². The van der Waals surface area contributed by atoms with E-state index in [1.165, 1.54) is 11.1 Å². The fraction of sp³-hybridized carbons (Fsp3) is 0.361. The molecule has 224 valence electrons. The van der Waals surface area contributed by atoms with Crippen LogP contribution < -0.4 is 9.64 Å². The summed E-state index contributed by atoms with van der Waals surface area (Å²) in [7, 11) is 0. The van der Waals surface area contributed by atoms with Gasteiger partial charge in [-0.25, -0.2) is 0 Å². The second kappa shape index (κ2) is 13.7. The summed E-state index contributed by atoms with van der Waals surface area (Å²) in [6.45, 7) is 11.3. The first-order valence-corrected chi connectivity index (χ1v) is 15.4. The molecule has 2 amide bonds. The molecular formula is C36H42N4O3. The lowest BCUT2D eigenvalue weighted by Gasteiger charge is -2.31. The molecule has 0 aliphatic carbocycles. The van der Waals surface area contributed by atoms with Crippen molar-refractivity contribution in [1.82, 2.24) is 14.7 Å². The number of aryl methyl sites for hydroxylation is 1. The number of nitrogens with zero attached hydrogens (tertiary/aromatic N) is 4. The molecule has 0 saturated heterocycles. The molecule has 43 heavy (non-hydrogen) atoms. The van der Waals surface area contributed by atoms with Crippen molar-refractivity contribution in [3.63, 3.8) is 0 Å². The van der Waals surface area contributed by atoms with E-state index < -0.39 is 0 Å². The first kappa shape index (κ1) is 30.1. The third kappa shape index (κ3) is 6.82. The van der Waals surface area contributed by atoms with Gasteiger partial charge in [0.1, 0.15) is 5.75 Å². The van der Waals surface area contributed by atoms with E-state index in [1.807, 2.05) is 77.0 Å². The molecule has 7 heteroatoms. The molecule has 0 spiro atoms. The maximum absolute atomic E-state index is 13.3. The van der Waals surface area contributed by atoms with Crippen LogP contribution in [0.3, 0.4) is 0 Å². The average molecular weight is 579 g/mol. The van der Waals surface area contributed by atoms with Crippen LogP contribution in [-0.4, -0.2) is 52.7 Å². The SMILES string of the molecule is CCN(CC)C(=O)c1cccc(Cn2cc(-c3cccc4c3CCCN4C(=O)CCCOc3cccc(C)c3C)cn2)c1. The van der Waals surface area contributed by atoms with Gasteiger partial charge in [-0.3, -0.25) is 14.3 Å². The van der Waals surface area contributed by atoms with Crippen molar-refractivity contribution >= 4 is 17.5 Å². The minimum Gasteiger partial charge on any atom is -0.493 e. The molecule has 4 aromatic rings. The molecule has 2 heterocycles. The highest BCUT2D eigenvalue weighted by Crippen LogP contribution is 2.36. The highest BCUT2D eigenvalue weighted by molar-refractivity contribution is 5.96. The average Bonchev–Trinajstić information content (AvgIpc) is 3.49. The summed E-state index contributed by atoms with van der Waals surface area (Å²) in [6.07, 6.45) is 6.92. The number of carbonyl (C=O) groups excluding carboxylic acids is 2. The predicted molar refractivity (Wildman–Crippen MR) is 172 cm³/mol. The Bertz CT molecular complexity index is 1590. The molecular weight excluding hydrogens is 536 g/mol. The van der Waals surface area contributed by atoms with Crippen LogP contribution in [0.5, 0.6) is 5.75 Å². The fourth-order valence-corrected chi connectivity index (χ4v) is 5.85. The van der Waals surface area contributed by atoms with E-state index in [1.54, 1.807) is 0 Å². The lowest BCUT2D eigenvalue weighted by Crippen LogP contribution is -2.35. The zero-order chi connectivity index (χ0) is 30.3. The van der Waals surface area contributed by atoms with E-state index >= 15 is 0 Å². The summed E-state index contributed by atoms with van der Waals surface area (Å²) < 4.78 is 7.90. The second-order valence-corrected chi connectivity index (χ2v) is 11.2. The Balaban J connectivity index is 1.25. The number of rotatable bonds is 11. The molecule has 0 unspecified atom stereocenters. The summed E-state index contributed by atoms with van der Waals surface area (Å²) in [5.74, 6) is 1.08. The van der Waals surface area contributed by atoms with Gasteiger partial charge < -0.3 is 14.5 Å². The molecule has 0 radical (unpaired) electrons. The number of benzene rings is 3. The van der Waals surface area contributed by atoms with Gasteiger partial charge in [0.25, 0.3) is 5.91 Å². The van der Waals surface area contributed by atoms with Crippen molar-refractivity contribution in [1.29, 1.82) is 0 Å². The molecule has 0 N–H and O–H groups in total. The first-order valence-electron chi connectivity index (χ1n) is 15.4. The number of ether oxygens (including phenoxy) is 1. The number of anilines is 1. The number of hydrogen-bond donors (Lipinski definition) is 0. The van der Waals surface area contributed by atoms with Crippen molar-refractivity contribution < 1.29 is 14.3 Å². The van der Waals surface area contributed by atoms with E-state index in [4.69, 9.17) is 4.74 Å². The summed E-state index contributed by atoms with van der Waals surface area (Å²) in [6, 6.07) is 20.1. The zero-order valence-corrected chi connectivity index (χ0v) is 25.8. The lowest BCUT2D eigenvalue weighted by atomic mass is 9.93. The van der Waals surface area contributed by atoms with Gasteiger partial charge in [0.15, 0.2) is 0 Å². The maximum atomic E-state index is 13.3. The highest BCUT2D eigenvalue weighted by atomic mass is 16.5. The van der Waals surface area contributed by atoms with Crippen LogP contribution >= 0.6 is 0 Å². The van der Waals surface area contributed by atoms with Crippen LogP contribution in [0.2, 0.25) is 0 Å². The van der Waals surface area contributed by atoms with Crippen molar-refractivity contribution in [2.24, 2.45) is 0 Å². The van der Waals surface area contributed by atoms with Crippen molar-refractivity contribution in [3.05, 3.63) is 101 Å². The number of carbonyl (C=O) groups is 2. The van der Waals surface area contributed by atoms with Crippen LogP contribution in [0, 0.1) is 13.8 Å². The summed E-state index contributed by atoms with van der Waals surface area (Å²) in [5.41, 5.74) is 8.42. The molecule has 0 fully saturated rings. The van der Waals surface area contributed by atoms with Crippen molar-refractivity contribution in [3.8, 4) is 16.9 Å². The lowest BCUT2D eigenvalue weighted by molar-refractivity contribution is -0.118. The molecule has 0 bridgehead atoms. The number of amides is 2. The molecule has 7 nitrogen and oxygen atoms in total. The van der Waals surface area contributed by atoms with Crippen molar-refractivity contribution in [2.45, 2.75) is 59.9 Å². The normalized spacial score (nSPS) is 12.6. The van der Waals surface area contributed by atoms with Crippen LogP contribution in [-0.2, 0) is 17.8 Å². The Kier molecular flexibility index (Phi) is 9.60. The van der Waals surface area contributed by atoms with Gasteiger partial charge in [0, 0.05) is 49.1 Å². The zero-order valence-electron chi connectivity index (χ0n) is 25.8. The predicted octanol–water partition coefficient (Wildman–Crippen LogP) is 6.84. The minimum absolute atomic E-state index is 0.0527. The Morgan fingerprint density at radius 3 is 2.60 bits per heavy atom. The molecule has 3 aromatic carbocycles. The van der Waals surface area contributed by atoms with Crippen LogP contribution in [0.1, 0.15) is 65.7 Å². The minimum atomic E-state index is 0.0527. The van der Waals surface area contributed by atoms with Gasteiger partial charge in [-0.05, 0) is 99.0 Å². The van der Waals surface area contributed by atoms with E-state index in [2.05, 4.69) is 43.3 Å². The number of hydrogen-bond acceptors (Lipinski definition) is 4. The fourth-order valence-electron chi connectivity index (χ4n) is 5.85. The van der Waals surface area contributed by atoms with E-state index in [0.29, 0.717) is 44.6 Å². The number of aromatic nitrogens is 2. The second-order valence-electron chi connectivity index (χ2n) is 11.2. The van der Waals surface area contributed by atoms with Gasteiger partial charge in [-0.15, -0.1) is 0 Å². The Hall–Kier alpha value is -4.39. The maximum Gasteiger partial charge on any atom is 0.253 e. The van der Waals surface area contributed by atoms with Gasteiger partial charge in [0.05, 0.1) is 19.3 Å². The Morgan fingerprint density at radius 2 is 1.79 bits per heavy atom. The number of fused-ring (bicyclic) bond motifs is 1. The Morgan fingerprint density at radius 1 is 1.00 bits per heavy atom. The van der Waals surface area contributed by atoms with E-state index in [9.17, 15) is 9.59 Å². The van der Waals surface area contributed by atoms with Crippen LogP contribution in [0.15, 0.2) is 73.1 Å². The van der Waals surface area contributed by atoms with Crippen molar-refractivity contribution in [2.75, 3.05) is 31.1 Å². The van der Waals surface area contributed by atoms with Crippen LogP contribution in [0.4, 0.5) is 5.69 Å². The molecule has 0 saturated carbocycles. The summed E-state index contributed by atoms with van der Waals surface area (Å²) in [4.78, 5) is 29.9. The molecule has 1 aliphatic rings. The first-order chi connectivity index (χ1) is 20.9. The topological polar surface area (TPSA) is 67.7 Å². The molecule has 1 aliphatic heterocycles. The smallest absolute Gasteiger partial charge is 0.253 e. The van der Waals surface area contributed by atoms with Gasteiger partial charge >= 0.3 is 0 Å². The standard InChI is InChI=1S/C36H42N4O3/c1-5-38(6-2)36(42)29-14-8-13-28(22-29)24-39-25-30(23-37-39)31-15-9-17-33-32(31)16-10-20-40(33)35(41)19-11-21-43-34-18-7-12-26(3)27(34)4/h7-9,12-15,17-18,22-23,25H,5-6,10-11,16,19-21,24H2,1-4H3.